The summed E-state index contributed by atoms with van der Waals surface area (Å²) in [4.78, 5) is 13.8. The summed E-state index contributed by atoms with van der Waals surface area (Å²) in [5.41, 5.74) is 0. The van der Waals surface area contributed by atoms with Crippen molar-refractivity contribution in [3.63, 3.8) is 0 Å². The lowest BCUT2D eigenvalue weighted by molar-refractivity contribution is -0.121. The van der Waals surface area contributed by atoms with E-state index in [0.29, 0.717) is 25.7 Å². The Kier molecular flexibility index (Phi) is 6.37. The van der Waals surface area contributed by atoms with Crippen LogP contribution in [0.4, 0.5) is 0 Å². The lowest BCUT2D eigenvalue weighted by atomic mass is 10.1. The maximum absolute atomic E-state index is 11.5. The van der Waals surface area contributed by atoms with E-state index in [2.05, 4.69) is 22.6 Å². The van der Waals surface area contributed by atoms with Crippen LogP contribution in [-0.4, -0.2) is 63.8 Å². The van der Waals surface area contributed by atoms with Gasteiger partial charge >= 0.3 is 0 Å². The summed E-state index contributed by atoms with van der Waals surface area (Å²) in [6, 6.07) is 0.315. The number of methoxy groups -OCH3 is 1. The first-order valence-electron chi connectivity index (χ1n) is 5.90. The zero-order valence-corrected chi connectivity index (χ0v) is 10.3. The second-order valence-electron chi connectivity index (χ2n) is 4.34. The second kappa shape index (κ2) is 7.60. The minimum Gasteiger partial charge on any atom is -0.383 e. The molecule has 1 saturated heterocycles. The van der Waals surface area contributed by atoms with Crippen LogP contribution in [0, 0.1) is 0 Å². The smallest absolute Gasteiger partial charge is 0.234 e. The monoisotopic (exact) mass is 229 g/mol. The third-order valence-electron chi connectivity index (χ3n) is 2.76. The fraction of sp³-hybridized carbons (Fsp3) is 0.909. The van der Waals surface area contributed by atoms with Crippen LogP contribution >= 0.6 is 0 Å². The van der Waals surface area contributed by atoms with E-state index >= 15 is 0 Å². The summed E-state index contributed by atoms with van der Waals surface area (Å²) in [5, 5.41) is 6.08. The van der Waals surface area contributed by atoms with E-state index in [1.54, 1.807) is 7.11 Å². The Morgan fingerprint density at radius 1 is 1.56 bits per heavy atom. The van der Waals surface area contributed by atoms with Crippen LogP contribution in [0.15, 0.2) is 0 Å². The highest BCUT2D eigenvalue weighted by atomic mass is 16.5. The Labute approximate surface area is 97.5 Å². The Morgan fingerprint density at radius 3 is 3.06 bits per heavy atom. The molecule has 1 heterocycles. The first kappa shape index (κ1) is 13.4. The van der Waals surface area contributed by atoms with Gasteiger partial charge in [0.15, 0.2) is 0 Å². The van der Waals surface area contributed by atoms with Crippen molar-refractivity contribution in [2.45, 2.75) is 18.9 Å². The van der Waals surface area contributed by atoms with Crippen molar-refractivity contribution in [1.82, 2.24) is 15.5 Å². The van der Waals surface area contributed by atoms with Gasteiger partial charge in [-0.3, -0.25) is 4.79 Å². The minimum atomic E-state index is 0.0800. The average Bonchev–Trinajstić information content (AvgIpc) is 2.24. The molecule has 16 heavy (non-hydrogen) atoms. The molecule has 1 fully saturated rings. The van der Waals surface area contributed by atoms with Crippen LogP contribution in [0.25, 0.3) is 0 Å². The molecule has 5 heteroatoms. The van der Waals surface area contributed by atoms with Gasteiger partial charge in [0.1, 0.15) is 0 Å². The number of nitrogens with zero attached hydrogens (tertiary/aromatic N) is 1. The van der Waals surface area contributed by atoms with E-state index in [1.165, 1.54) is 6.42 Å². The average molecular weight is 229 g/mol. The quantitative estimate of drug-likeness (QED) is 0.599. The van der Waals surface area contributed by atoms with Crippen molar-refractivity contribution < 1.29 is 9.53 Å². The molecule has 1 rings (SSSR count). The number of amides is 1. The van der Waals surface area contributed by atoms with Crippen molar-refractivity contribution in [2.75, 3.05) is 46.9 Å². The summed E-state index contributed by atoms with van der Waals surface area (Å²) in [6.07, 6.45) is 2.26. The predicted molar refractivity (Wildman–Crippen MR) is 63.4 cm³/mol. The highest BCUT2D eigenvalue weighted by Crippen LogP contribution is 2.07. The molecule has 0 bridgehead atoms. The molecule has 1 atom stereocenters. The van der Waals surface area contributed by atoms with Gasteiger partial charge in [-0.2, -0.15) is 0 Å². The standard InChI is InChI=1S/C11H23N3O2/c1-14-6-3-4-10(9-14)13-11(15)8-12-5-7-16-2/h10,12H,3-9H2,1-2H3,(H,13,15). The third kappa shape index (κ3) is 5.44. The highest BCUT2D eigenvalue weighted by molar-refractivity contribution is 5.78. The molecular weight excluding hydrogens is 206 g/mol. The van der Waals surface area contributed by atoms with E-state index in [-0.39, 0.29) is 5.91 Å². The zero-order valence-electron chi connectivity index (χ0n) is 10.3. The zero-order chi connectivity index (χ0) is 11.8. The maximum Gasteiger partial charge on any atom is 0.234 e. The molecule has 0 aromatic heterocycles. The molecule has 1 aliphatic rings. The molecule has 0 aromatic rings. The molecule has 5 nitrogen and oxygen atoms in total. The molecule has 0 aliphatic carbocycles. The Morgan fingerprint density at radius 2 is 2.38 bits per heavy atom. The Hall–Kier alpha value is -0.650. The number of hydrogen-bond donors (Lipinski definition) is 2. The molecule has 1 aliphatic heterocycles. The van der Waals surface area contributed by atoms with Gasteiger partial charge in [-0.25, -0.2) is 0 Å². The lowest BCUT2D eigenvalue weighted by Crippen LogP contribution is -2.48. The summed E-state index contributed by atoms with van der Waals surface area (Å²) >= 11 is 0. The molecule has 0 spiro atoms. The number of nitrogens with one attached hydrogen (secondary N) is 2. The van der Waals surface area contributed by atoms with Crippen molar-refractivity contribution in [3.05, 3.63) is 0 Å². The number of likely N-dealkylation sites (tertiary alicyclic amines) is 1. The van der Waals surface area contributed by atoms with Gasteiger partial charge in [-0.05, 0) is 26.4 Å². The van der Waals surface area contributed by atoms with Crippen molar-refractivity contribution >= 4 is 5.91 Å². The van der Waals surface area contributed by atoms with E-state index < -0.39 is 0 Å². The second-order valence-corrected chi connectivity index (χ2v) is 4.34. The van der Waals surface area contributed by atoms with Gasteiger partial charge in [0.05, 0.1) is 13.2 Å². The van der Waals surface area contributed by atoms with E-state index in [4.69, 9.17) is 4.74 Å². The number of carbonyl (C=O) groups is 1. The van der Waals surface area contributed by atoms with Crippen LogP contribution in [0.5, 0.6) is 0 Å². The number of ether oxygens (including phenoxy) is 1. The third-order valence-corrected chi connectivity index (χ3v) is 2.76. The van der Waals surface area contributed by atoms with Gasteiger partial charge in [0.2, 0.25) is 5.91 Å². The van der Waals surface area contributed by atoms with Crippen LogP contribution in [-0.2, 0) is 9.53 Å². The van der Waals surface area contributed by atoms with Gasteiger partial charge in [-0.1, -0.05) is 0 Å². The number of rotatable bonds is 6. The predicted octanol–water partition coefficient (Wildman–Crippen LogP) is -0.567. The van der Waals surface area contributed by atoms with E-state index in [1.807, 2.05) is 0 Å². The van der Waals surface area contributed by atoms with Crippen LogP contribution in [0.3, 0.4) is 0 Å². The Balaban J connectivity index is 2.08. The van der Waals surface area contributed by atoms with Gasteiger partial charge in [0.25, 0.3) is 0 Å². The summed E-state index contributed by atoms with van der Waals surface area (Å²) < 4.78 is 4.89. The van der Waals surface area contributed by atoms with E-state index in [0.717, 1.165) is 19.5 Å². The first-order chi connectivity index (χ1) is 7.72. The fourth-order valence-electron chi connectivity index (χ4n) is 1.94. The topological polar surface area (TPSA) is 53.6 Å². The molecule has 0 aromatic carbocycles. The van der Waals surface area contributed by atoms with Crippen molar-refractivity contribution in [2.24, 2.45) is 0 Å². The SMILES string of the molecule is COCCNCC(=O)NC1CCCN(C)C1. The lowest BCUT2D eigenvalue weighted by Gasteiger charge is -2.30. The van der Waals surface area contributed by atoms with E-state index in [9.17, 15) is 4.79 Å². The molecule has 94 valence electrons. The maximum atomic E-state index is 11.5. The van der Waals surface area contributed by atoms with Gasteiger partial charge in [-0.15, -0.1) is 0 Å². The summed E-state index contributed by atoms with van der Waals surface area (Å²) in [6.45, 7) is 3.83. The molecule has 0 radical (unpaired) electrons. The van der Waals surface area contributed by atoms with Crippen LogP contribution in [0.1, 0.15) is 12.8 Å². The molecular formula is C11H23N3O2. The number of hydrogen-bond acceptors (Lipinski definition) is 4. The van der Waals surface area contributed by atoms with Gasteiger partial charge < -0.3 is 20.3 Å². The molecule has 0 saturated carbocycles. The number of piperidine rings is 1. The molecule has 1 amide bonds. The number of carbonyl (C=O) groups excluding carboxylic acids is 1. The number of likely N-dealkylation sites (N-methyl/N-ethyl adjacent to an activating group) is 1. The first-order valence-corrected chi connectivity index (χ1v) is 5.90. The van der Waals surface area contributed by atoms with Gasteiger partial charge in [0, 0.05) is 26.2 Å². The summed E-state index contributed by atoms with van der Waals surface area (Å²) in [7, 11) is 3.74. The van der Waals surface area contributed by atoms with Crippen molar-refractivity contribution in [3.8, 4) is 0 Å². The van der Waals surface area contributed by atoms with Crippen molar-refractivity contribution in [1.29, 1.82) is 0 Å². The Bertz CT molecular complexity index is 211. The highest BCUT2D eigenvalue weighted by Gasteiger charge is 2.18. The normalized spacial score (nSPS) is 22.0. The fourth-order valence-corrected chi connectivity index (χ4v) is 1.94. The summed E-state index contributed by atoms with van der Waals surface area (Å²) in [5.74, 6) is 0.0800. The van der Waals surface area contributed by atoms with Crippen LogP contribution in [0.2, 0.25) is 0 Å². The minimum absolute atomic E-state index is 0.0800. The largest absolute Gasteiger partial charge is 0.383 e. The van der Waals surface area contributed by atoms with Crippen LogP contribution < -0.4 is 10.6 Å². The molecule has 1 unspecified atom stereocenters. The molecule has 2 N–H and O–H groups in total.